The Kier molecular flexibility index (Phi) is 2.32. The Hall–Kier alpha value is -0.715. The summed E-state index contributed by atoms with van der Waals surface area (Å²) in [5.74, 6) is 0. The van der Waals surface area contributed by atoms with Crippen molar-refractivity contribution in [2.45, 2.75) is 33.1 Å². The van der Waals surface area contributed by atoms with E-state index in [1.807, 2.05) is 12.1 Å². The number of aryl methyl sites for hydroxylation is 1. The first-order valence-corrected chi connectivity index (χ1v) is 4.28. The minimum Gasteiger partial charge on any atom is -0.0927 e. The first kappa shape index (κ1) is 9.37. The standard InChI is InChI=1S/C11H15B/c1-8-6-5-7-9(12)10(8)11(2,3)4/h5-7H,1-4H3. The summed E-state index contributed by atoms with van der Waals surface area (Å²) in [5.41, 5.74) is 3.60. The van der Waals surface area contributed by atoms with Gasteiger partial charge in [0.15, 0.2) is 0 Å². The molecule has 0 aliphatic rings. The van der Waals surface area contributed by atoms with Crippen LogP contribution in [0.2, 0.25) is 0 Å². The number of hydrogen-bond acceptors (Lipinski definition) is 0. The van der Waals surface area contributed by atoms with Crippen molar-refractivity contribution in [1.29, 1.82) is 0 Å². The molecule has 1 aromatic carbocycles. The Labute approximate surface area is 76.4 Å². The van der Waals surface area contributed by atoms with Gasteiger partial charge in [-0.3, -0.25) is 0 Å². The highest BCUT2D eigenvalue weighted by atomic mass is 14.2. The zero-order valence-corrected chi connectivity index (χ0v) is 8.31. The highest BCUT2D eigenvalue weighted by Crippen LogP contribution is 2.22. The van der Waals surface area contributed by atoms with Crippen LogP contribution in [0.25, 0.3) is 0 Å². The van der Waals surface area contributed by atoms with E-state index < -0.39 is 0 Å². The topological polar surface area (TPSA) is 0 Å². The van der Waals surface area contributed by atoms with Gasteiger partial charge < -0.3 is 0 Å². The van der Waals surface area contributed by atoms with Crippen molar-refractivity contribution in [1.82, 2.24) is 0 Å². The fourth-order valence-electron chi connectivity index (χ4n) is 1.71. The predicted octanol–water partition coefficient (Wildman–Crippen LogP) is 2.09. The Morgan fingerprint density at radius 3 is 2.08 bits per heavy atom. The smallest absolute Gasteiger partial charge is 0.0927 e. The summed E-state index contributed by atoms with van der Waals surface area (Å²) in [7, 11) is 5.91. The maximum Gasteiger partial charge on any atom is 0.114 e. The Morgan fingerprint density at radius 1 is 1.17 bits per heavy atom. The Morgan fingerprint density at radius 2 is 1.75 bits per heavy atom. The van der Waals surface area contributed by atoms with Crippen molar-refractivity contribution in [2.24, 2.45) is 0 Å². The van der Waals surface area contributed by atoms with Crippen LogP contribution in [-0.4, -0.2) is 7.85 Å². The van der Waals surface area contributed by atoms with E-state index in [-0.39, 0.29) is 5.41 Å². The maximum atomic E-state index is 5.91. The van der Waals surface area contributed by atoms with Gasteiger partial charge in [-0.05, 0) is 23.5 Å². The van der Waals surface area contributed by atoms with Crippen molar-refractivity contribution in [2.75, 3.05) is 0 Å². The molecule has 0 aliphatic carbocycles. The quantitative estimate of drug-likeness (QED) is 0.507. The Bertz CT molecular complexity index is 261. The molecule has 0 amide bonds. The van der Waals surface area contributed by atoms with Crippen LogP contribution in [0.3, 0.4) is 0 Å². The molecule has 0 atom stereocenters. The first-order chi connectivity index (χ1) is 5.43. The summed E-state index contributed by atoms with van der Waals surface area (Å²) < 4.78 is 0. The molecular weight excluding hydrogens is 143 g/mol. The lowest BCUT2D eigenvalue weighted by atomic mass is 9.75. The zero-order valence-electron chi connectivity index (χ0n) is 8.31. The van der Waals surface area contributed by atoms with Crippen LogP contribution < -0.4 is 5.46 Å². The first-order valence-electron chi connectivity index (χ1n) is 4.28. The SMILES string of the molecule is [B]c1cccc(C)c1C(C)(C)C. The summed E-state index contributed by atoms with van der Waals surface area (Å²) in [4.78, 5) is 0. The molecule has 0 N–H and O–H groups in total. The van der Waals surface area contributed by atoms with Crippen molar-refractivity contribution < 1.29 is 0 Å². The van der Waals surface area contributed by atoms with E-state index in [0.29, 0.717) is 0 Å². The van der Waals surface area contributed by atoms with Gasteiger partial charge in [-0.1, -0.05) is 44.4 Å². The fourth-order valence-corrected chi connectivity index (χ4v) is 1.71. The second kappa shape index (κ2) is 2.97. The molecule has 1 heteroatoms. The van der Waals surface area contributed by atoms with Gasteiger partial charge in [-0.25, -0.2) is 0 Å². The van der Waals surface area contributed by atoms with Crippen LogP contribution >= 0.6 is 0 Å². The molecule has 12 heavy (non-hydrogen) atoms. The minimum absolute atomic E-state index is 0.148. The summed E-state index contributed by atoms with van der Waals surface area (Å²) in [6.07, 6.45) is 0. The summed E-state index contributed by atoms with van der Waals surface area (Å²) >= 11 is 0. The number of hydrogen-bond donors (Lipinski definition) is 0. The molecular formula is C11H15B. The lowest BCUT2D eigenvalue weighted by molar-refractivity contribution is 0.590. The van der Waals surface area contributed by atoms with Gasteiger partial charge >= 0.3 is 0 Å². The maximum absolute atomic E-state index is 5.91. The van der Waals surface area contributed by atoms with Gasteiger partial charge in [0.2, 0.25) is 0 Å². The average molecular weight is 158 g/mol. The number of rotatable bonds is 0. The fraction of sp³-hybridized carbons (Fsp3) is 0.455. The largest absolute Gasteiger partial charge is 0.114 e. The van der Waals surface area contributed by atoms with Crippen molar-refractivity contribution in [3.63, 3.8) is 0 Å². The van der Waals surface area contributed by atoms with E-state index in [4.69, 9.17) is 7.85 Å². The molecule has 0 bridgehead atoms. The minimum atomic E-state index is 0.148. The third-order valence-electron chi connectivity index (χ3n) is 2.06. The average Bonchev–Trinajstić information content (AvgIpc) is 1.82. The molecule has 0 fully saturated rings. The zero-order chi connectivity index (χ0) is 9.35. The number of benzene rings is 1. The molecule has 0 unspecified atom stereocenters. The van der Waals surface area contributed by atoms with Gasteiger partial charge in [0.25, 0.3) is 0 Å². The molecule has 1 rings (SSSR count). The van der Waals surface area contributed by atoms with Crippen LogP contribution in [0.5, 0.6) is 0 Å². The van der Waals surface area contributed by atoms with Crippen LogP contribution in [0.1, 0.15) is 31.9 Å². The summed E-state index contributed by atoms with van der Waals surface area (Å²) in [6, 6.07) is 6.07. The molecule has 0 aliphatic heterocycles. The van der Waals surface area contributed by atoms with Gasteiger partial charge in [0, 0.05) is 0 Å². The van der Waals surface area contributed by atoms with Gasteiger partial charge in [-0.15, -0.1) is 0 Å². The van der Waals surface area contributed by atoms with E-state index in [2.05, 4.69) is 33.8 Å². The molecule has 0 saturated heterocycles. The van der Waals surface area contributed by atoms with Crippen molar-refractivity contribution in [3.05, 3.63) is 29.3 Å². The third kappa shape index (κ3) is 1.71. The monoisotopic (exact) mass is 158 g/mol. The molecule has 1 aromatic rings. The lowest BCUT2D eigenvalue weighted by Gasteiger charge is -2.24. The van der Waals surface area contributed by atoms with Crippen molar-refractivity contribution >= 4 is 13.3 Å². The second-order valence-corrected chi connectivity index (χ2v) is 4.29. The van der Waals surface area contributed by atoms with Gasteiger partial charge in [0.1, 0.15) is 7.85 Å². The second-order valence-electron chi connectivity index (χ2n) is 4.29. The molecule has 62 valence electrons. The van der Waals surface area contributed by atoms with E-state index in [1.54, 1.807) is 0 Å². The Balaban J connectivity index is 3.31. The van der Waals surface area contributed by atoms with Gasteiger partial charge in [0.05, 0.1) is 0 Å². The molecule has 0 spiro atoms. The van der Waals surface area contributed by atoms with Crippen LogP contribution in [0.15, 0.2) is 18.2 Å². The predicted molar refractivity (Wildman–Crippen MR) is 55.3 cm³/mol. The molecule has 0 heterocycles. The van der Waals surface area contributed by atoms with Crippen LogP contribution in [0, 0.1) is 6.92 Å². The molecule has 0 aromatic heterocycles. The normalized spacial score (nSPS) is 11.7. The highest BCUT2D eigenvalue weighted by molar-refractivity contribution is 6.33. The van der Waals surface area contributed by atoms with E-state index in [0.717, 1.165) is 5.46 Å². The lowest BCUT2D eigenvalue weighted by Crippen LogP contribution is -2.24. The third-order valence-corrected chi connectivity index (χ3v) is 2.06. The highest BCUT2D eigenvalue weighted by Gasteiger charge is 2.17. The van der Waals surface area contributed by atoms with Crippen LogP contribution in [-0.2, 0) is 5.41 Å². The van der Waals surface area contributed by atoms with E-state index in [9.17, 15) is 0 Å². The van der Waals surface area contributed by atoms with E-state index >= 15 is 0 Å². The summed E-state index contributed by atoms with van der Waals surface area (Å²) in [6.45, 7) is 8.67. The van der Waals surface area contributed by atoms with Crippen molar-refractivity contribution in [3.8, 4) is 0 Å². The van der Waals surface area contributed by atoms with E-state index in [1.165, 1.54) is 11.1 Å². The van der Waals surface area contributed by atoms with Gasteiger partial charge in [-0.2, -0.15) is 0 Å². The molecule has 2 radical (unpaired) electrons. The summed E-state index contributed by atoms with van der Waals surface area (Å²) in [5, 5.41) is 0. The molecule has 0 saturated carbocycles. The molecule has 0 nitrogen and oxygen atoms in total. The van der Waals surface area contributed by atoms with Crippen LogP contribution in [0.4, 0.5) is 0 Å².